The highest BCUT2D eigenvalue weighted by atomic mass is 32.1. The summed E-state index contributed by atoms with van der Waals surface area (Å²) in [6, 6.07) is 33.1. The molecule has 0 aliphatic heterocycles. The van der Waals surface area contributed by atoms with Crippen LogP contribution >= 0.6 is 34.0 Å². The molecular formula is C48H50B2S3. The second-order valence-corrected chi connectivity index (χ2v) is 19.0. The molecular weight excluding hydrogens is 694 g/mol. The first-order chi connectivity index (χ1) is 25.2. The Morgan fingerprint density at radius 2 is 0.491 bits per heavy atom. The molecule has 0 N–H and O–H groups in total. The molecule has 0 saturated carbocycles. The Morgan fingerprint density at radius 3 is 0.736 bits per heavy atom. The Hall–Kier alpha value is -3.89. The predicted octanol–water partition coefficient (Wildman–Crippen LogP) is 9.94. The van der Waals surface area contributed by atoms with Gasteiger partial charge in [-0.05, 0) is 117 Å². The third-order valence-corrected chi connectivity index (χ3v) is 14.8. The number of benzene rings is 4. The summed E-state index contributed by atoms with van der Waals surface area (Å²) < 4.78 is 2.82. The highest BCUT2D eigenvalue weighted by Crippen LogP contribution is 2.38. The molecule has 3 heterocycles. The van der Waals surface area contributed by atoms with E-state index in [4.69, 9.17) is 0 Å². The number of hydrogen-bond donors (Lipinski definition) is 0. The van der Waals surface area contributed by atoms with E-state index >= 15 is 0 Å². The molecule has 0 nitrogen and oxygen atoms in total. The highest BCUT2D eigenvalue weighted by molar-refractivity contribution is 7.34. The van der Waals surface area contributed by atoms with E-state index in [0.717, 1.165) is 0 Å². The minimum absolute atomic E-state index is 0.202. The number of hydrogen-bond acceptors (Lipinski definition) is 3. The zero-order valence-corrected chi connectivity index (χ0v) is 35.9. The Labute approximate surface area is 331 Å². The minimum atomic E-state index is 0.202. The maximum absolute atomic E-state index is 2.40. The van der Waals surface area contributed by atoms with Crippen LogP contribution in [-0.4, -0.2) is 13.4 Å². The molecule has 0 spiro atoms. The van der Waals surface area contributed by atoms with Crippen molar-refractivity contribution in [2.45, 2.75) is 83.1 Å². The summed E-state index contributed by atoms with van der Waals surface area (Å²) in [6.07, 6.45) is 0. The molecule has 5 heteroatoms. The van der Waals surface area contributed by atoms with Crippen molar-refractivity contribution >= 4 is 78.8 Å². The Kier molecular flexibility index (Phi) is 10.4. The summed E-state index contributed by atoms with van der Waals surface area (Å²) in [4.78, 5) is 5.37. The van der Waals surface area contributed by atoms with Gasteiger partial charge >= 0.3 is 0 Å². The molecule has 7 aromatic rings. The van der Waals surface area contributed by atoms with Gasteiger partial charge in [0.1, 0.15) is 0 Å². The average molecular weight is 745 g/mol. The van der Waals surface area contributed by atoms with Gasteiger partial charge in [0.25, 0.3) is 13.4 Å². The smallest absolute Gasteiger partial charge is 0.148 e. The van der Waals surface area contributed by atoms with Gasteiger partial charge in [-0.3, -0.25) is 0 Å². The lowest BCUT2D eigenvalue weighted by atomic mass is 9.37. The molecule has 0 unspecified atom stereocenters. The molecule has 0 aliphatic rings. The van der Waals surface area contributed by atoms with Crippen molar-refractivity contribution in [1.82, 2.24) is 0 Å². The summed E-state index contributed by atoms with van der Waals surface area (Å²) in [7, 11) is 0. The van der Waals surface area contributed by atoms with E-state index in [2.05, 4.69) is 168 Å². The van der Waals surface area contributed by atoms with E-state index < -0.39 is 0 Å². The van der Waals surface area contributed by atoms with Gasteiger partial charge in [-0.2, -0.15) is 0 Å². The minimum Gasteiger partial charge on any atom is -0.148 e. The predicted molar refractivity (Wildman–Crippen MR) is 243 cm³/mol. The molecule has 0 saturated heterocycles. The fraction of sp³-hybridized carbons (Fsp3) is 0.250. The van der Waals surface area contributed by atoms with E-state index in [1.54, 1.807) is 0 Å². The molecule has 7 rings (SSSR count). The summed E-state index contributed by atoms with van der Waals surface area (Å²) >= 11 is 5.85. The van der Waals surface area contributed by atoms with Crippen LogP contribution in [-0.2, 0) is 0 Å². The van der Waals surface area contributed by atoms with Gasteiger partial charge < -0.3 is 0 Å². The van der Waals surface area contributed by atoms with Gasteiger partial charge in [0.05, 0.1) is 0 Å². The van der Waals surface area contributed by atoms with Gasteiger partial charge in [-0.15, -0.1) is 34.0 Å². The lowest BCUT2D eigenvalue weighted by molar-refractivity contribution is 1.34. The van der Waals surface area contributed by atoms with Crippen LogP contribution in [0.15, 0.2) is 84.9 Å². The molecule has 0 aliphatic carbocycles. The summed E-state index contributed by atoms with van der Waals surface area (Å²) in [6.45, 7) is 27.6. The standard InChI is InChI=1S/C48H50B2S3/c1-27-19-31(5)45(32(6)20-27)49(46-33(7)21-28(2)22-34(46)8)43-17-15-41(52-43)39-13-14-40(51-39)42-16-18-44(53-42)50(47-35(9)23-29(3)24-36(47)10)48-37(11)25-30(4)26-38(48)12/h13-26H,1-12H3. The number of thiophene rings is 3. The van der Waals surface area contributed by atoms with Gasteiger partial charge in [-0.25, -0.2) is 0 Å². The Morgan fingerprint density at radius 1 is 0.283 bits per heavy atom. The zero-order chi connectivity index (χ0) is 37.9. The zero-order valence-electron chi connectivity index (χ0n) is 33.5. The van der Waals surface area contributed by atoms with Crippen molar-refractivity contribution in [2.75, 3.05) is 0 Å². The monoisotopic (exact) mass is 744 g/mol. The molecule has 0 fully saturated rings. The van der Waals surface area contributed by atoms with Crippen molar-refractivity contribution in [3.8, 4) is 19.5 Å². The third kappa shape index (κ3) is 7.21. The molecule has 0 radical (unpaired) electrons. The van der Waals surface area contributed by atoms with E-state index in [0.29, 0.717) is 0 Å². The first-order valence-corrected chi connectivity index (χ1v) is 21.3. The molecule has 0 amide bonds. The summed E-state index contributed by atoms with van der Waals surface area (Å²) in [5, 5.41) is 0. The normalized spacial score (nSPS) is 11.4. The van der Waals surface area contributed by atoms with Gasteiger partial charge in [0.2, 0.25) is 0 Å². The Bertz CT molecular complexity index is 2130. The van der Waals surface area contributed by atoms with E-state index in [9.17, 15) is 0 Å². The molecule has 0 bridgehead atoms. The van der Waals surface area contributed by atoms with Crippen LogP contribution in [0.4, 0.5) is 0 Å². The van der Waals surface area contributed by atoms with Crippen LogP contribution in [0, 0.1) is 83.1 Å². The van der Waals surface area contributed by atoms with Crippen LogP contribution in [0.2, 0.25) is 0 Å². The number of rotatable bonds is 8. The van der Waals surface area contributed by atoms with Crippen molar-refractivity contribution in [2.24, 2.45) is 0 Å². The average Bonchev–Trinajstić information content (AvgIpc) is 3.83. The first-order valence-electron chi connectivity index (χ1n) is 18.8. The van der Waals surface area contributed by atoms with Crippen LogP contribution < -0.4 is 31.4 Å². The fourth-order valence-corrected chi connectivity index (χ4v) is 12.8. The van der Waals surface area contributed by atoms with Crippen molar-refractivity contribution in [3.63, 3.8) is 0 Å². The van der Waals surface area contributed by atoms with Gasteiger partial charge in [0, 0.05) is 19.5 Å². The molecule has 266 valence electrons. The second kappa shape index (κ2) is 14.7. The topological polar surface area (TPSA) is 0 Å². The van der Waals surface area contributed by atoms with Crippen LogP contribution in [0.25, 0.3) is 19.5 Å². The second-order valence-electron chi connectivity index (χ2n) is 15.7. The highest BCUT2D eigenvalue weighted by Gasteiger charge is 2.32. The van der Waals surface area contributed by atoms with Crippen molar-refractivity contribution in [3.05, 3.63) is 152 Å². The van der Waals surface area contributed by atoms with E-state index in [1.807, 2.05) is 34.0 Å². The van der Waals surface area contributed by atoms with Crippen LogP contribution in [0.1, 0.15) is 66.8 Å². The third-order valence-electron chi connectivity index (χ3n) is 11.0. The maximum Gasteiger partial charge on any atom is 0.255 e. The molecule has 3 aromatic heterocycles. The number of aryl methyl sites for hydroxylation is 12. The largest absolute Gasteiger partial charge is 0.255 e. The SMILES string of the molecule is Cc1cc(C)c(B(c2ccc(-c3ccc(-c4ccc(B(c5c(C)cc(C)cc5C)c5c(C)cc(C)cc5C)s4)s3)s2)c2c(C)cc(C)cc2C)c(C)c1. The lowest BCUT2D eigenvalue weighted by Gasteiger charge is -2.23. The van der Waals surface area contributed by atoms with Gasteiger partial charge in [-0.1, -0.05) is 149 Å². The summed E-state index contributed by atoms with van der Waals surface area (Å²) in [5.41, 5.74) is 22.1. The van der Waals surface area contributed by atoms with E-state index in [-0.39, 0.29) is 13.4 Å². The van der Waals surface area contributed by atoms with E-state index in [1.165, 1.54) is 118 Å². The van der Waals surface area contributed by atoms with Crippen molar-refractivity contribution < 1.29 is 0 Å². The van der Waals surface area contributed by atoms with Gasteiger partial charge in [0.15, 0.2) is 0 Å². The van der Waals surface area contributed by atoms with Crippen LogP contribution in [0.5, 0.6) is 0 Å². The molecule has 53 heavy (non-hydrogen) atoms. The first kappa shape index (κ1) is 37.4. The summed E-state index contributed by atoms with van der Waals surface area (Å²) in [5.74, 6) is 0. The molecule has 0 atom stereocenters. The quantitative estimate of drug-likeness (QED) is 0.136. The maximum atomic E-state index is 2.40. The van der Waals surface area contributed by atoms with Crippen molar-refractivity contribution in [1.29, 1.82) is 0 Å². The fourth-order valence-electron chi connectivity index (χ4n) is 9.33. The van der Waals surface area contributed by atoms with Crippen LogP contribution in [0.3, 0.4) is 0 Å². The molecule has 4 aromatic carbocycles. The lowest BCUT2D eigenvalue weighted by Crippen LogP contribution is -2.54. The Balaban J connectivity index is 1.28.